The molecule has 1 heterocycles. The lowest BCUT2D eigenvalue weighted by Crippen LogP contribution is -2.67. The Hall–Kier alpha value is -1.06. The molecule has 2 unspecified atom stereocenters. The molecule has 0 saturated carbocycles. The van der Waals surface area contributed by atoms with Crippen LogP contribution in [0.25, 0.3) is 0 Å². The summed E-state index contributed by atoms with van der Waals surface area (Å²) in [6.45, 7) is 12.0. The summed E-state index contributed by atoms with van der Waals surface area (Å²) in [5.74, 6) is 0.430. The summed E-state index contributed by atoms with van der Waals surface area (Å²) >= 11 is 0. The van der Waals surface area contributed by atoms with E-state index in [2.05, 4.69) is 19.2 Å². The molecule has 0 aromatic rings. The van der Waals surface area contributed by atoms with Gasteiger partial charge in [0.1, 0.15) is 12.1 Å². The first kappa shape index (κ1) is 15.0. The number of nitrogens with one attached hydrogen (secondary N) is 1. The summed E-state index contributed by atoms with van der Waals surface area (Å²) < 4.78 is 0. The van der Waals surface area contributed by atoms with Crippen molar-refractivity contribution in [3.8, 4) is 0 Å². The van der Waals surface area contributed by atoms with Crippen molar-refractivity contribution in [3.63, 3.8) is 0 Å². The molecule has 0 aromatic heterocycles. The minimum absolute atomic E-state index is 0.0160. The van der Waals surface area contributed by atoms with Gasteiger partial charge < -0.3 is 10.2 Å². The van der Waals surface area contributed by atoms with Crippen LogP contribution in [0, 0.1) is 5.92 Å². The third-order valence-electron chi connectivity index (χ3n) is 3.28. The Morgan fingerprint density at radius 3 is 2.22 bits per heavy atom. The van der Waals surface area contributed by atoms with Crippen LogP contribution in [0.5, 0.6) is 0 Å². The number of amides is 2. The molecule has 0 radical (unpaired) electrons. The van der Waals surface area contributed by atoms with Crippen LogP contribution in [0.4, 0.5) is 0 Å². The van der Waals surface area contributed by atoms with Crippen LogP contribution in [0.2, 0.25) is 0 Å². The fraction of sp³-hybridized carbons (Fsp3) is 0.857. The van der Waals surface area contributed by atoms with Gasteiger partial charge in [-0.15, -0.1) is 0 Å². The molecule has 1 aliphatic heterocycles. The quantitative estimate of drug-likeness (QED) is 0.836. The minimum atomic E-state index is -0.362. The van der Waals surface area contributed by atoms with Gasteiger partial charge in [-0.2, -0.15) is 0 Å². The minimum Gasteiger partial charge on any atom is -0.342 e. The highest BCUT2D eigenvalue weighted by Crippen LogP contribution is 2.25. The molecule has 2 atom stereocenters. The number of hydrogen-bond acceptors (Lipinski definition) is 2. The van der Waals surface area contributed by atoms with Crippen molar-refractivity contribution in [2.75, 3.05) is 0 Å². The zero-order valence-corrected chi connectivity index (χ0v) is 12.4. The molecule has 18 heavy (non-hydrogen) atoms. The normalized spacial score (nSPS) is 25.6. The first-order valence-electron chi connectivity index (χ1n) is 6.82. The van der Waals surface area contributed by atoms with Crippen molar-refractivity contribution < 1.29 is 9.59 Å². The van der Waals surface area contributed by atoms with Gasteiger partial charge in [0.25, 0.3) is 0 Å². The lowest BCUT2D eigenvalue weighted by Gasteiger charge is -2.46. The molecule has 104 valence electrons. The second-order valence-corrected chi connectivity index (χ2v) is 6.49. The van der Waals surface area contributed by atoms with Crippen molar-refractivity contribution in [2.24, 2.45) is 5.92 Å². The van der Waals surface area contributed by atoms with Crippen LogP contribution >= 0.6 is 0 Å². The molecular weight excluding hydrogens is 228 g/mol. The molecule has 0 bridgehead atoms. The van der Waals surface area contributed by atoms with E-state index in [1.54, 1.807) is 4.90 Å². The standard InChI is InChI=1S/C14H26N2O2/c1-7-11-12(17)15-10(8-9(2)3)13(18)16(11)14(4,5)6/h9-11H,7-8H2,1-6H3,(H,15,17). The number of carbonyl (C=O) groups is 2. The van der Waals surface area contributed by atoms with Gasteiger partial charge in [-0.3, -0.25) is 9.59 Å². The predicted octanol–water partition coefficient (Wildman–Crippen LogP) is 1.94. The van der Waals surface area contributed by atoms with Crippen molar-refractivity contribution in [2.45, 2.75) is 72.0 Å². The van der Waals surface area contributed by atoms with E-state index in [1.165, 1.54) is 0 Å². The third kappa shape index (κ3) is 3.03. The fourth-order valence-corrected chi connectivity index (χ4v) is 2.57. The average Bonchev–Trinajstić information content (AvgIpc) is 2.19. The monoisotopic (exact) mass is 254 g/mol. The van der Waals surface area contributed by atoms with Gasteiger partial charge in [0.15, 0.2) is 0 Å². The lowest BCUT2D eigenvalue weighted by molar-refractivity contribution is -0.155. The maximum Gasteiger partial charge on any atom is 0.246 e. The highest BCUT2D eigenvalue weighted by molar-refractivity contribution is 5.97. The molecule has 4 nitrogen and oxygen atoms in total. The molecule has 0 spiro atoms. The van der Waals surface area contributed by atoms with Crippen LogP contribution in [0.1, 0.15) is 54.4 Å². The smallest absolute Gasteiger partial charge is 0.246 e. The van der Waals surface area contributed by atoms with Gasteiger partial charge >= 0.3 is 0 Å². The first-order valence-corrected chi connectivity index (χ1v) is 6.82. The van der Waals surface area contributed by atoms with E-state index in [1.807, 2.05) is 27.7 Å². The van der Waals surface area contributed by atoms with Crippen LogP contribution in [0.3, 0.4) is 0 Å². The Bertz CT molecular complexity index is 331. The molecule has 0 aromatic carbocycles. The second-order valence-electron chi connectivity index (χ2n) is 6.49. The lowest BCUT2D eigenvalue weighted by atomic mass is 9.92. The van der Waals surface area contributed by atoms with E-state index >= 15 is 0 Å². The summed E-state index contributed by atoms with van der Waals surface area (Å²) in [7, 11) is 0. The predicted molar refractivity (Wildman–Crippen MR) is 72.1 cm³/mol. The van der Waals surface area contributed by atoms with Gasteiger partial charge in [0, 0.05) is 5.54 Å². The van der Waals surface area contributed by atoms with E-state index in [0.717, 1.165) is 0 Å². The third-order valence-corrected chi connectivity index (χ3v) is 3.28. The summed E-state index contributed by atoms with van der Waals surface area (Å²) in [5, 5.41) is 2.87. The van der Waals surface area contributed by atoms with Gasteiger partial charge in [-0.25, -0.2) is 0 Å². The van der Waals surface area contributed by atoms with Crippen LogP contribution < -0.4 is 5.32 Å². The summed E-state index contributed by atoms with van der Waals surface area (Å²) in [6.07, 6.45) is 1.36. The van der Waals surface area contributed by atoms with Gasteiger partial charge in [-0.05, 0) is 39.5 Å². The molecule has 1 aliphatic rings. The number of rotatable bonds is 3. The zero-order chi connectivity index (χ0) is 14.1. The van der Waals surface area contributed by atoms with Crippen molar-refractivity contribution in [1.82, 2.24) is 10.2 Å². The maximum absolute atomic E-state index is 12.5. The number of carbonyl (C=O) groups excluding carboxylic acids is 2. The van der Waals surface area contributed by atoms with E-state index in [9.17, 15) is 9.59 Å². The highest BCUT2D eigenvalue weighted by atomic mass is 16.2. The van der Waals surface area contributed by atoms with Crippen molar-refractivity contribution in [3.05, 3.63) is 0 Å². The zero-order valence-electron chi connectivity index (χ0n) is 12.4. The van der Waals surface area contributed by atoms with Crippen LogP contribution in [0.15, 0.2) is 0 Å². The first-order chi connectivity index (χ1) is 8.18. The number of nitrogens with zero attached hydrogens (tertiary/aromatic N) is 1. The van der Waals surface area contributed by atoms with E-state index in [0.29, 0.717) is 18.8 Å². The van der Waals surface area contributed by atoms with Crippen molar-refractivity contribution >= 4 is 11.8 Å². The van der Waals surface area contributed by atoms with E-state index < -0.39 is 0 Å². The summed E-state index contributed by atoms with van der Waals surface area (Å²) in [6, 6.07) is -0.694. The summed E-state index contributed by atoms with van der Waals surface area (Å²) in [4.78, 5) is 26.4. The van der Waals surface area contributed by atoms with Gasteiger partial charge in [-0.1, -0.05) is 20.8 Å². The molecule has 1 fully saturated rings. The Labute approximate surface area is 110 Å². The Kier molecular flexibility index (Phi) is 4.41. The molecule has 2 amide bonds. The van der Waals surface area contributed by atoms with E-state index in [4.69, 9.17) is 0 Å². The molecule has 4 heteroatoms. The maximum atomic E-state index is 12.5. The van der Waals surface area contributed by atoms with Crippen LogP contribution in [-0.2, 0) is 9.59 Å². The van der Waals surface area contributed by atoms with E-state index in [-0.39, 0.29) is 29.4 Å². The van der Waals surface area contributed by atoms with Gasteiger partial charge in [0.2, 0.25) is 11.8 Å². The van der Waals surface area contributed by atoms with Crippen molar-refractivity contribution in [1.29, 1.82) is 0 Å². The molecule has 1 saturated heterocycles. The average molecular weight is 254 g/mol. The Balaban J connectivity index is 3.01. The van der Waals surface area contributed by atoms with Crippen LogP contribution in [-0.4, -0.2) is 34.3 Å². The highest BCUT2D eigenvalue weighted by Gasteiger charge is 2.44. The topological polar surface area (TPSA) is 49.4 Å². The fourth-order valence-electron chi connectivity index (χ4n) is 2.57. The number of hydrogen-bond donors (Lipinski definition) is 1. The van der Waals surface area contributed by atoms with Gasteiger partial charge in [0.05, 0.1) is 0 Å². The SMILES string of the molecule is CCC1C(=O)NC(CC(C)C)C(=O)N1C(C)(C)C. The largest absolute Gasteiger partial charge is 0.342 e. The molecule has 0 aliphatic carbocycles. The summed E-state index contributed by atoms with van der Waals surface area (Å²) in [5.41, 5.74) is -0.315. The number of piperazine rings is 1. The Morgan fingerprint density at radius 2 is 1.83 bits per heavy atom. The second kappa shape index (κ2) is 5.29. The Morgan fingerprint density at radius 1 is 1.28 bits per heavy atom. The molecule has 1 N–H and O–H groups in total. The molecular formula is C14H26N2O2. The molecule has 1 rings (SSSR count).